The molecule has 0 spiro atoms. The number of aldehydes is 1. The Morgan fingerprint density at radius 3 is 2.25 bits per heavy atom. The molecule has 0 amide bonds. The van der Waals surface area contributed by atoms with Gasteiger partial charge in [-0.3, -0.25) is 9.78 Å². The third-order valence-corrected chi connectivity index (χ3v) is 2.33. The Morgan fingerprint density at radius 1 is 1.06 bits per heavy atom. The van der Waals surface area contributed by atoms with E-state index in [1.165, 1.54) is 0 Å². The SMILES string of the molecule is COc1ccc(-c2ccc(C=O)nc2)cc1. The molecule has 0 saturated heterocycles. The summed E-state index contributed by atoms with van der Waals surface area (Å²) in [5.41, 5.74) is 2.47. The third-order valence-electron chi connectivity index (χ3n) is 2.33. The predicted molar refractivity (Wildman–Crippen MR) is 61.6 cm³/mol. The quantitative estimate of drug-likeness (QED) is 0.735. The highest BCUT2D eigenvalue weighted by atomic mass is 16.5. The molecule has 0 saturated carbocycles. The van der Waals surface area contributed by atoms with Crippen molar-refractivity contribution >= 4 is 6.29 Å². The Balaban J connectivity index is 2.31. The second-order valence-corrected chi connectivity index (χ2v) is 3.32. The standard InChI is InChI=1S/C13H11NO2/c1-16-13-6-3-10(4-7-13)11-2-5-12(9-15)14-8-11/h2-9H,1H3. The number of aromatic nitrogens is 1. The van der Waals surface area contributed by atoms with Crippen molar-refractivity contribution in [3.05, 3.63) is 48.3 Å². The average molecular weight is 213 g/mol. The van der Waals surface area contributed by atoms with E-state index < -0.39 is 0 Å². The summed E-state index contributed by atoms with van der Waals surface area (Å²) in [6.07, 6.45) is 2.42. The van der Waals surface area contributed by atoms with Crippen LogP contribution < -0.4 is 4.74 Å². The molecule has 0 radical (unpaired) electrons. The molecule has 0 aliphatic heterocycles. The van der Waals surface area contributed by atoms with Gasteiger partial charge in [0.15, 0.2) is 6.29 Å². The van der Waals surface area contributed by atoms with E-state index in [-0.39, 0.29) is 0 Å². The summed E-state index contributed by atoms with van der Waals surface area (Å²) in [4.78, 5) is 14.5. The topological polar surface area (TPSA) is 39.2 Å². The summed E-state index contributed by atoms with van der Waals surface area (Å²) >= 11 is 0. The van der Waals surface area contributed by atoms with Crippen molar-refractivity contribution in [1.29, 1.82) is 0 Å². The molecule has 1 aromatic carbocycles. The molecule has 3 heteroatoms. The first kappa shape index (κ1) is 10.4. The normalized spacial score (nSPS) is 9.81. The van der Waals surface area contributed by atoms with Crippen molar-refractivity contribution in [1.82, 2.24) is 4.98 Å². The molecule has 0 atom stereocenters. The summed E-state index contributed by atoms with van der Waals surface area (Å²) in [5, 5.41) is 0. The number of rotatable bonds is 3. The number of benzene rings is 1. The molecule has 0 aliphatic carbocycles. The second-order valence-electron chi connectivity index (χ2n) is 3.32. The number of carbonyl (C=O) groups excluding carboxylic acids is 1. The Bertz CT molecular complexity index is 474. The van der Waals surface area contributed by atoms with Crippen LogP contribution in [0.1, 0.15) is 10.5 Å². The van der Waals surface area contributed by atoms with Gasteiger partial charge in [-0.25, -0.2) is 0 Å². The summed E-state index contributed by atoms with van der Waals surface area (Å²) in [7, 11) is 1.63. The van der Waals surface area contributed by atoms with Crippen molar-refractivity contribution in [2.45, 2.75) is 0 Å². The van der Waals surface area contributed by atoms with Crippen LogP contribution in [0.4, 0.5) is 0 Å². The Labute approximate surface area is 93.7 Å². The highest BCUT2D eigenvalue weighted by Crippen LogP contribution is 2.21. The first-order valence-corrected chi connectivity index (χ1v) is 4.89. The van der Waals surface area contributed by atoms with Crippen LogP contribution in [0.5, 0.6) is 5.75 Å². The molecule has 0 fully saturated rings. The van der Waals surface area contributed by atoms with Gasteiger partial charge in [0.05, 0.1) is 7.11 Å². The summed E-state index contributed by atoms with van der Waals surface area (Å²) in [5.74, 6) is 0.821. The maximum absolute atomic E-state index is 10.5. The van der Waals surface area contributed by atoms with Gasteiger partial charge in [0.2, 0.25) is 0 Å². The fraction of sp³-hybridized carbons (Fsp3) is 0.0769. The third kappa shape index (κ3) is 2.08. The maximum Gasteiger partial charge on any atom is 0.168 e. The minimum atomic E-state index is 0.442. The fourth-order valence-electron chi connectivity index (χ4n) is 1.43. The zero-order valence-corrected chi connectivity index (χ0v) is 8.88. The van der Waals surface area contributed by atoms with Gasteiger partial charge >= 0.3 is 0 Å². The van der Waals surface area contributed by atoms with Gasteiger partial charge in [-0.05, 0) is 23.8 Å². The maximum atomic E-state index is 10.5. The van der Waals surface area contributed by atoms with Gasteiger partial charge in [0.1, 0.15) is 11.4 Å². The van der Waals surface area contributed by atoms with E-state index in [0.717, 1.165) is 23.2 Å². The monoisotopic (exact) mass is 213 g/mol. The lowest BCUT2D eigenvalue weighted by molar-refractivity contribution is 0.111. The smallest absolute Gasteiger partial charge is 0.168 e. The number of hydrogen-bond acceptors (Lipinski definition) is 3. The summed E-state index contributed by atoms with van der Waals surface area (Å²) in [6, 6.07) is 11.3. The van der Waals surface area contributed by atoms with E-state index in [1.807, 2.05) is 30.3 Å². The lowest BCUT2D eigenvalue weighted by Crippen LogP contribution is -1.87. The van der Waals surface area contributed by atoms with Crippen LogP contribution in [0.15, 0.2) is 42.6 Å². The number of nitrogens with zero attached hydrogens (tertiary/aromatic N) is 1. The second kappa shape index (κ2) is 4.57. The van der Waals surface area contributed by atoms with Crippen molar-refractivity contribution in [2.24, 2.45) is 0 Å². The molecule has 2 rings (SSSR count). The largest absolute Gasteiger partial charge is 0.497 e. The van der Waals surface area contributed by atoms with Gasteiger partial charge in [-0.2, -0.15) is 0 Å². The van der Waals surface area contributed by atoms with Gasteiger partial charge in [-0.15, -0.1) is 0 Å². The lowest BCUT2D eigenvalue weighted by atomic mass is 10.1. The highest BCUT2D eigenvalue weighted by Gasteiger charge is 1.99. The van der Waals surface area contributed by atoms with Crippen LogP contribution in [0.25, 0.3) is 11.1 Å². The van der Waals surface area contributed by atoms with Crippen molar-refractivity contribution in [3.63, 3.8) is 0 Å². The number of methoxy groups -OCH3 is 1. The van der Waals surface area contributed by atoms with Crippen LogP contribution in [0, 0.1) is 0 Å². The van der Waals surface area contributed by atoms with Gasteiger partial charge < -0.3 is 4.74 Å². The minimum Gasteiger partial charge on any atom is -0.497 e. The number of hydrogen-bond donors (Lipinski definition) is 0. The van der Waals surface area contributed by atoms with Gasteiger partial charge in [0, 0.05) is 11.8 Å². The van der Waals surface area contributed by atoms with Crippen LogP contribution in [0.2, 0.25) is 0 Å². The van der Waals surface area contributed by atoms with Crippen molar-refractivity contribution in [2.75, 3.05) is 7.11 Å². The van der Waals surface area contributed by atoms with Crippen molar-refractivity contribution in [3.8, 4) is 16.9 Å². The highest BCUT2D eigenvalue weighted by molar-refractivity contribution is 5.73. The van der Waals surface area contributed by atoms with Crippen LogP contribution in [-0.4, -0.2) is 18.4 Å². The molecule has 0 bridgehead atoms. The molecule has 16 heavy (non-hydrogen) atoms. The van der Waals surface area contributed by atoms with Crippen molar-refractivity contribution < 1.29 is 9.53 Å². The molecule has 80 valence electrons. The minimum absolute atomic E-state index is 0.442. The van der Waals surface area contributed by atoms with E-state index in [2.05, 4.69) is 4.98 Å². The molecule has 2 aromatic rings. The Morgan fingerprint density at radius 2 is 1.75 bits per heavy atom. The van der Waals surface area contributed by atoms with E-state index in [0.29, 0.717) is 5.69 Å². The predicted octanol–water partition coefficient (Wildman–Crippen LogP) is 2.57. The molecule has 0 unspecified atom stereocenters. The van der Waals surface area contributed by atoms with Gasteiger partial charge in [0.25, 0.3) is 0 Å². The van der Waals surface area contributed by atoms with Crippen LogP contribution >= 0.6 is 0 Å². The molecule has 1 aromatic heterocycles. The molecular weight excluding hydrogens is 202 g/mol. The average Bonchev–Trinajstić information content (AvgIpc) is 2.39. The molecular formula is C13H11NO2. The molecule has 1 heterocycles. The van der Waals surface area contributed by atoms with Crippen LogP contribution in [-0.2, 0) is 0 Å². The molecule has 3 nitrogen and oxygen atoms in total. The first-order chi connectivity index (χ1) is 7.83. The van der Waals surface area contributed by atoms with E-state index in [1.54, 1.807) is 19.4 Å². The van der Waals surface area contributed by atoms with E-state index in [9.17, 15) is 4.79 Å². The fourth-order valence-corrected chi connectivity index (χ4v) is 1.43. The zero-order valence-electron chi connectivity index (χ0n) is 8.88. The zero-order chi connectivity index (χ0) is 11.4. The lowest BCUT2D eigenvalue weighted by Gasteiger charge is -2.03. The number of pyridine rings is 1. The summed E-state index contributed by atoms with van der Waals surface area (Å²) in [6.45, 7) is 0. The van der Waals surface area contributed by atoms with Gasteiger partial charge in [-0.1, -0.05) is 18.2 Å². The van der Waals surface area contributed by atoms with Crippen LogP contribution in [0.3, 0.4) is 0 Å². The van der Waals surface area contributed by atoms with E-state index in [4.69, 9.17) is 4.74 Å². The Hall–Kier alpha value is -2.16. The molecule has 0 aliphatic rings. The Kier molecular flexibility index (Phi) is 2.96. The van der Waals surface area contributed by atoms with E-state index >= 15 is 0 Å². The molecule has 0 N–H and O–H groups in total. The summed E-state index contributed by atoms with van der Waals surface area (Å²) < 4.78 is 5.08. The number of carbonyl (C=O) groups is 1. The number of ether oxygens (including phenoxy) is 1. The first-order valence-electron chi connectivity index (χ1n) is 4.89.